The summed E-state index contributed by atoms with van der Waals surface area (Å²) in [6.07, 6.45) is 14.4. The normalized spacial score (nSPS) is 27.2. The third-order valence-electron chi connectivity index (χ3n) is 9.32. The first-order valence-electron chi connectivity index (χ1n) is 14.8. The molecule has 208 valence electrons. The molecule has 3 aliphatic rings. The van der Waals surface area contributed by atoms with Gasteiger partial charge in [-0.3, -0.25) is 4.90 Å². The Labute approximate surface area is 224 Å². The van der Waals surface area contributed by atoms with Crippen LogP contribution in [-0.2, 0) is 27.1 Å². The molecule has 0 spiro atoms. The number of ether oxygens (including phenoxy) is 3. The van der Waals surface area contributed by atoms with Crippen molar-refractivity contribution in [3.05, 3.63) is 29.3 Å². The van der Waals surface area contributed by atoms with Gasteiger partial charge in [-0.05, 0) is 106 Å². The number of fused-ring (bicyclic) bond motifs is 2. The van der Waals surface area contributed by atoms with Crippen molar-refractivity contribution >= 4 is 5.97 Å². The van der Waals surface area contributed by atoms with Gasteiger partial charge in [0.25, 0.3) is 0 Å². The number of aliphatic hydroxyl groups is 1. The number of unbranched alkanes of at least 4 members (excludes halogenated alkanes) is 2. The molecule has 1 aromatic rings. The zero-order valence-electron chi connectivity index (χ0n) is 23.3. The van der Waals surface area contributed by atoms with Gasteiger partial charge in [0, 0.05) is 0 Å². The lowest BCUT2D eigenvalue weighted by molar-refractivity contribution is -0.179. The van der Waals surface area contributed by atoms with E-state index in [0.717, 1.165) is 44.4 Å². The van der Waals surface area contributed by atoms with E-state index in [4.69, 9.17) is 14.2 Å². The number of carbonyl (C=O) groups excluding carboxylic acids is 1. The number of aliphatic hydroxyl groups excluding tert-OH is 1. The fourth-order valence-electron chi connectivity index (χ4n) is 7.12. The van der Waals surface area contributed by atoms with Crippen molar-refractivity contribution in [2.45, 2.75) is 109 Å². The maximum atomic E-state index is 11.6. The van der Waals surface area contributed by atoms with Crippen LogP contribution in [0, 0.1) is 17.8 Å². The van der Waals surface area contributed by atoms with Gasteiger partial charge in [0.2, 0.25) is 0 Å². The number of carbonyl (C=O) groups is 1. The highest BCUT2D eigenvalue weighted by Crippen LogP contribution is 2.48. The Kier molecular flexibility index (Phi) is 10.7. The summed E-state index contributed by atoms with van der Waals surface area (Å²) in [6.45, 7) is 3.26. The lowest BCUT2D eigenvalue weighted by Gasteiger charge is -2.37. The van der Waals surface area contributed by atoms with Gasteiger partial charge < -0.3 is 19.3 Å². The van der Waals surface area contributed by atoms with Crippen LogP contribution >= 0.6 is 0 Å². The summed E-state index contributed by atoms with van der Waals surface area (Å²) >= 11 is 0. The van der Waals surface area contributed by atoms with Gasteiger partial charge in [-0.2, -0.15) is 0 Å². The van der Waals surface area contributed by atoms with E-state index < -0.39 is 6.29 Å². The van der Waals surface area contributed by atoms with Gasteiger partial charge >= 0.3 is 5.97 Å². The Morgan fingerprint density at radius 2 is 2.00 bits per heavy atom. The molecule has 6 nitrogen and oxygen atoms in total. The van der Waals surface area contributed by atoms with Crippen LogP contribution in [0.3, 0.4) is 0 Å². The molecule has 2 fully saturated rings. The van der Waals surface area contributed by atoms with Crippen molar-refractivity contribution < 1.29 is 24.1 Å². The quantitative estimate of drug-likeness (QED) is 0.212. The molecule has 37 heavy (non-hydrogen) atoms. The van der Waals surface area contributed by atoms with Crippen molar-refractivity contribution in [3.8, 4) is 5.75 Å². The highest BCUT2D eigenvalue weighted by Gasteiger charge is 2.40. The van der Waals surface area contributed by atoms with Gasteiger partial charge in [0.1, 0.15) is 5.75 Å². The first-order valence-corrected chi connectivity index (χ1v) is 14.8. The number of esters is 1. The Morgan fingerprint density at radius 1 is 1.14 bits per heavy atom. The summed E-state index contributed by atoms with van der Waals surface area (Å²) in [5, 5.41) is 11.0. The predicted molar refractivity (Wildman–Crippen MR) is 146 cm³/mol. The molecule has 1 saturated carbocycles. The first kappa shape index (κ1) is 28.4. The van der Waals surface area contributed by atoms with E-state index in [2.05, 4.69) is 31.0 Å². The van der Waals surface area contributed by atoms with Gasteiger partial charge in [-0.25, -0.2) is 4.79 Å². The zero-order chi connectivity index (χ0) is 26.2. The monoisotopic (exact) mass is 515 g/mol. The molecule has 1 heterocycles. The molecule has 6 atom stereocenters. The second-order valence-electron chi connectivity index (χ2n) is 11.7. The number of rotatable bonds is 13. The number of benzene rings is 1. The number of piperidine rings is 1. The Morgan fingerprint density at radius 3 is 2.78 bits per heavy atom. The summed E-state index contributed by atoms with van der Waals surface area (Å²) in [5.74, 6) is 2.60. The SMILES string of the molecule is CCCCCC(CCC1CCC2Cc3c(cccc3OCC(=O)OC)CC12)OC(O)C1CCCCN1C. The predicted octanol–water partition coefficient (Wildman–Crippen LogP) is 5.53. The lowest BCUT2D eigenvalue weighted by atomic mass is 9.73. The summed E-state index contributed by atoms with van der Waals surface area (Å²) in [5.41, 5.74) is 2.66. The van der Waals surface area contributed by atoms with Crippen LogP contribution in [0.1, 0.15) is 88.7 Å². The van der Waals surface area contributed by atoms with Crippen LogP contribution in [0.4, 0.5) is 0 Å². The largest absolute Gasteiger partial charge is 0.482 e. The Bertz CT molecular complexity index is 860. The van der Waals surface area contributed by atoms with Crippen LogP contribution in [-0.4, -0.2) is 61.7 Å². The molecule has 1 saturated heterocycles. The van der Waals surface area contributed by atoms with Crippen LogP contribution in [0.15, 0.2) is 18.2 Å². The molecule has 2 aliphatic carbocycles. The molecule has 0 bridgehead atoms. The van der Waals surface area contributed by atoms with Crippen molar-refractivity contribution in [1.29, 1.82) is 0 Å². The maximum absolute atomic E-state index is 11.6. The van der Waals surface area contributed by atoms with Crippen LogP contribution in [0.25, 0.3) is 0 Å². The van der Waals surface area contributed by atoms with Gasteiger partial charge in [0.15, 0.2) is 12.9 Å². The average Bonchev–Trinajstić information content (AvgIpc) is 3.30. The van der Waals surface area contributed by atoms with Gasteiger partial charge in [-0.1, -0.05) is 44.7 Å². The lowest BCUT2D eigenvalue weighted by Crippen LogP contribution is -2.46. The number of likely N-dealkylation sites (tertiary alicyclic amines) is 1. The molecule has 6 unspecified atom stereocenters. The minimum atomic E-state index is -0.682. The molecule has 0 radical (unpaired) electrons. The maximum Gasteiger partial charge on any atom is 0.343 e. The molecule has 1 aromatic carbocycles. The molecule has 1 N–H and O–H groups in total. The number of methoxy groups -OCH3 is 1. The number of nitrogens with zero attached hydrogens (tertiary/aromatic N) is 1. The molecule has 4 rings (SSSR count). The van der Waals surface area contributed by atoms with E-state index >= 15 is 0 Å². The highest BCUT2D eigenvalue weighted by atomic mass is 16.6. The minimum absolute atomic E-state index is 0.0361. The minimum Gasteiger partial charge on any atom is -0.482 e. The summed E-state index contributed by atoms with van der Waals surface area (Å²) < 4.78 is 17.0. The van der Waals surface area contributed by atoms with Crippen molar-refractivity contribution in [1.82, 2.24) is 4.90 Å². The van der Waals surface area contributed by atoms with Crippen LogP contribution in [0.2, 0.25) is 0 Å². The Balaban J connectivity index is 1.35. The van der Waals surface area contributed by atoms with E-state index in [9.17, 15) is 9.90 Å². The molecule has 6 heteroatoms. The number of hydrogen-bond donors (Lipinski definition) is 1. The van der Waals surface area contributed by atoms with E-state index in [1.165, 1.54) is 69.6 Å². The molecular formula is C31H49NO5. The summed E-state index contributed by atoms with van der Waals surface area (Å²) in [4.78, 5) is 13.9. The van der Waals surface area contributed by atoms with Crippen LogP contribution < -0.4 is 4.74 Å². The van der Waals surface area contributed by atoms with E-state index in [1.807, 2.05) is 6.07 Å². The third-order valence-corrected chi connectivity index (χ3v) is 9.32. The fourth-order valence-corrected chi connectivity index (χ4v) is 7.12. The number of hydrogen-bond acceptors (Lipinski definition) is 6. The van der Waals surface area contributed by atoms with Gasteiger partial charge in [-0.15, -0.1) is 0 Å². The average molecular weight is 516 g/mol. The smallest absolute Gasteiger partial charge is 0.343 e. The molecule has 0 amide bonds. The van der Waals surface area contributed by atoms with Crippen molar-refractivity contribution in [2.24, 2.45) is 17.8 Å². The molecular weight excluding hydrogens is 466 g/mol. The zero-order valence-corrected chi connectivity index (χ0v) is 23.3. The topological polar surface area (TPSA) is 68.2 Å². The Hall–Kier alpha value is -1.63. The first-order chi connectivity index (χ1) is 18.0. The van der Waals surface area contributed by atoms with E-state index in [1.54, 1.807) is 0 Å². The van der Waals surface area contributed by atoms with E-state index in [0.29, 0.717) is 17.8 Å². The number of likely N-dealkylation sites (N-methyl/N-ethyl adjacent to an activating group) is 1. The second-order valence-corrected chi connectivity index (χ2v) is 11.7. The standard InChI is InChI=1S/C31H49NO5/c1-4-5-6-11-25(37-31(34)28-12-7-8-18-32(28)2)17-16-22-14-15-24-20-27-23(19-26(22)24)10-9-13-29(27)36-21-30(33)35-3/h9-10,13,22,24-26,28,31,34H,4-8,11-12,14-21H2,1-3H3. The molecule has 1 aliphatic heterocycles. The molecule has 0 aromatic heterocycles. The second kappa shape index (κ2) is 14.0. The van der Waals surface area contributed by atoms with Crippen LogP contribution in [0.5, 0.6) is 5.75 Å². The summed E-state index contributed by atoms with van der Waals surface area (Å²) in [7, 11) is 3.51. The van der Waals surface area contributed by atoms with E-state index in [-0.39, 0.29) is 24.7 Å². The summed E-state index contributed by atoms with van der Waals surface area (Å²) in [6, 6.07) is 6.40. The highest BCUT2D eigenvalue weighted by molar-refractivity contribution is 5.71. The van der Waals surface area contributed by atoms with Crippen molar-refractivity contribution in [2.75, 3.05) is 27.3 Å². The van der Waals surface area contributed by atoms with Gasteiger partial charge in [0.05, 0.1) is 19.3 Å². The third kappa shape index (κ3) is 7.48. The van der Waals surface area contributed by atoms with Crippen molar-refractivity contribution in [3.63, 3.8) is 0 Å². The fraction of sp³-hybridized carbons (Fsp3) is 0.774.